The summed E-state index contributed by atoms with van der Waals surface area (Å²) in [6.07, 6.45) is 0.686. The van der Waals surface area contributed by atoms with Crippen molar-refractivity contribution in [3.8, 4) is 0 Å². The van der Waals surface area contributed by atoms with Gasteiger partial charge in [-0.3, -0.25) is 4.79 Å². The van der Waals surface area contributed by atoms with Crippen molar-refractivity contribution < 1.29 is 13.6 Å². The van der Waals surface area contributed by atoms with Crippen molar-refractivity contribution in [1.29, 1.82) is 0 Å². The summed E-state index contributed by atoms with van der Waals surface area (Å²) in [6.45, 7) is 3.64. The lowest BCUT2D eigenvalue weighted by Gasteiger charge is -2.17. The molecule has 1 aliphatic carbocycles. The number of halogens is 3. The SMILES string of the molecule is Cl.O=C(C1CC1c1ccc(F)cc1F)N1C[C@H]2CNC[C@H]2C1. The lowest BCUT2D eigenvalue weighted by Crippen LogP contribution is -2.33. The molecule has 2 saturated heterocycles. The van der Waals surface area contributed by atoms with Crippen LogP contribution in [0.15, 0.2) is 18.2 Å². The van der Waals surface area contributed by atoms with Crippen LogP contribution < -0.4 is 5.32 Å². The predicted molar refractivity (Wildman–Crippen MR) is 80.9 cm³/mol. The quantitative estimate of drug-likeness (QED) is 0.902. The zero-order valence-corrected chi connectivity index (χ0v) is 12.9. The summed E-state index contributed by atoms with van der Waals surface area (Å²) in [5.74, 6) is 0.0198. The maximum absolute atomic E-state index is 13.8. The van der Waals surface area contributed by atoms with Gasteiger partial charge < -0.3 is 10.2 Å². The highest BCUT2D eigenvalue weighted by molar-refractivity contribution is 5.85. The van der Waals surface area contributed by atoms with E-state index in [1.54, 1.807) is 0 Å². The van der Waals surface area contributed by atoms with Gasteiger partial charge in [0, 0.05) is 38.2 Å². The van der Waals surface area contributed by atoms with Gasteiger partial charge in [0.1, 0.15) is 11.6 Å². The summed E-state index contributed by atoms with van der Waals surface area (Å²) in [7, 11) is 0. The monoisotopic (exact) mass is 328 g/mol. The van der Waals surface area contributed by atoms with Crippen molar-refractivity contribution in [2.75, 3.05) is 26.2 Å². The van der Waals surface area contributed by atoms with Crippen LogP contribution in [0, 0.1) is 29.4 Å². The summed E-state index contributed by atoms with van der Waals surface area (Å²) in [5, 5.41) is 3.35. The molecule has 0 spiro atoms. The number of benzene rings is 1. The normalized spacial score (nSPS) is 32.5. The largest absolute Gasteiger partial charge is 0.342 e. The smallest absolute Gasteiger partial charge is 0.226 e. The Morgan fingerprint density at radius 2 is 1.86 bits per heavy atom. The highest BCUT2D eigenvalue weighted by atomic mass is 35.5. The number of hydrogen-bond donors (Lipinski definition) is 1. The predicted octanol–water partition coefficient (Wildman–Crippen LogP) is 2.17. The second-order valence-electron chi connectivity index (χ2n) is 6.54. The Hall–Kier alpha value is -1.20. The molecule has 3 nitrogen and oxygen atoms in total. The summed E-state index contributed by atoms with van der Waals surface area (Å²) in [6, 6.07) is 3.65. The molecule has 2 heterocycles. The Morgan fingerprint density at radius 1 is 1.18 bits per heavy atom. The van der Waals surface area contributed by atoms with Gasteiger partial charge >= 0.3 is 0 Å². The number of fused-ring (bicyclic) bond motifs is 1. The summed E-state index contributed by atoms with van der Waals surface area (Å²) < 4.78 is 26.7. The fourth-order valence-electron chi connectivity index (χ4n) is 3.88. The molecule has 0 bridgehead atoms. The number of likely N-dealkylation sites (tertiary alicyclic amines) is 1. The number of nitrogens with zero attached hydrogens (tertiary/aromatic N) is 1. The van der Waals surface area contributed by atoms with E-state index >= 15 is 0 Å². The molecule has 0 aromatic heterocycles. The van der Waals surface area contributed by atoms with E-state index in [0.29, 0.717) is 23.8 Å². The van der Waals surface area contributed by atoms with Gasteiger partial charge in [-0.25, -0.2) is 8.78 Å². The van der Waals surface area contributed by atoms with E-state index < -0.39 is 11.6 Å². The summed E-state index contributed by atoms with van der Waals surface area (Å²) in [5.41, 5.74) is 0.482. The number of rotatable bonds is 2. The van der Waals surface area contributed by atoms with Crippen molar-refractivity contribution in [1.82, 2.24) is 10.2 Å². The minimum atomic E-state index is -0.570. The molecule has 3 fully saturated rings. The molecule has 22 heavy (non-hydrogen) atoms. The van der Waals surface area contributed by atoms with Crippen molar-refractivity contribution >= 4 is 18.3 Å². The van der Waals surface area contributed by atoms with Gasteiger partial charge in [0.2, 0.25) is 5.91 Å². The molecule has 1 aromatic carbocycles. The molecule has 3 aliphatic rings. The zero-order valence-electron chi connectivity index (χ0n) is 12.1. The lowest BCUT2D eigenvalue weighted by atomic mass is 10.0. The van der Waals surface area contributed by atoms with E-state index in [2.05, 4.69) is 5.32 Å². The van der Waals surface area contributed by atoms with Crippen LogP contribution in [0.25, 0.3) is 0 Å². The molecule has 1 saturated carbocycles. The fourth-order valence-corrected chi connectivity index (χ4v) is 3.88. The Labute approximate surface area is 134 Å². The van der Waals surface area contributed by atoms with Crippen molar-refractivity contribution in [2.24, 2.45) is 17.8 Å². The van der Waals surface area contributed by atoms with Gasteiger partial charge in [-0.15, -0.1) is 12.4 Å². The highest BCUT2D eigenvalue weighted by Crippen LogP contribution is 2.50. The molecule has 2 unspecified atom stereocenters. The lowest BCUT2D eigenvalue weighted by molar-refractivity contribution is -0.131. The first kappa shape index (κ1) is 15.7. The van der Waals surface area contributed by atoms with Crippen LogP contribution >= 0.6 is 12.4 Å². The Morgan fingerprint density at radius 3 is 2.50 bits per heavy atom. The Balaban J connectivity index is 0.00000144. The van der Waals surface area contributed by atoms with Crippen molar-refractivity contribution in [3.05, 3.63) is 35.4 Å². The molecule has 4 atom stereocenters. The van der Waals surface area contributed by atoms with Gasteiger partial charge in [0.25, 0.3) is 0 Å². The molecular formula is C16H19ClF2N2O. The minimum absolute atomic E-state index is 0. The van der Waals surface area contributed by atoms with Crippen LogP contribution in [0.1, 0.15) is 17.9 Å². The van der Waals surface area contributed by atoms with Crippen LogP contribution in [0.4, 0.5) is 8.78 Å². The molecule has 0 radical (unpaired) electrons. The number of carbonyl (C=O) groups excluding carboxylic acids is 1. The molecule has 120 valence electrons. The van der Waals surface area contributed by atoms with Gasteiger partial charge in [-0.05, 0) is 35.8 Å². The van der Waals surface area contributed by atoms with Crippen molar-refractivity contribution in [2.45, 2.75) is 12.3 Å². The zero-order chi connectivity index (χ0) is 14.6. The van der Waals surface area contributed by atoms with Gasteiger partial charge in [-0.2, -0.15) is 0 Å². The van der Waals surface area contributed by atoms with E-state index in [1.165, 1.54) is 12.1 Å². The van der Waals surface area contributed by atoms with E-state index in [9.17, 15) is 13.6 Å². The topological polar surface area (TPSA) is 32.3 Å². The number of hydrogen-bond acceptors (Lipinski definition) is 2. The van der Waals surface area contributed by atoms with Crippen LogP contribution in [0.3, 0.4) is 0 Å². The van der Waals surface area contributed by atoms with E-state index in [1.807, 2.05) is 4.90 Å². The molecule has 6 heteroatoms. The molecule has 2 aliphatic heterocycles. The van der Waals surface area contributed by atoms with Gasteiger partial charge in [0.15, 0.2) is 0 Å². The summed E-state index contributed by atoms with van der Waals surface area (Å²) >= 11 is 0. The number of nitrogens with one attached hydrogen (secondary N) is 1. The molecule has 1 N–H and O–H groups in total. The third-order valence-corrected chi connectivity index (χ3v) is 5.17. The Bertz CT molecular complexity index is 586. The average molecular weight is 329 g/mol. The van der Waals surface area contributed by atoms with Gasteiger partial charge in [0.05, 0.1) is 0 Å². The summed E-state index contributed by atoms with van der Waals surface area (Å²) in [4.78, 5) is 14.5. The van der Waals surface area contributed by atoms with Crippen LogP contribution in [0.2, 0.25) is 0 Å². The maximum atomic E-state index is 13.8. The van der Waals surface area contributed by atoms with E-state index in [0.717, 1.165) is 32.2 Å². The first-order chi connectivity index (χ1) is 10.1. The second-order valence-corrected chi connectivity index (χ2v) is 6.54. The molecule has 1 aromatic rings. The molecule has 4 rings (SSSR count). The maximum Gasteiger partial charge on any atom is 0.226 e. The Kier molecular flexibility index (Phi) is 4.12. The van der Waals surface area contributed by atoms with E-state index in [4.69, 9.17) is 0 Å². The second kappa shape index (κ2) is 5.78. The first-order valence-corrected chi connectivity index (χ1v) is 7.58. The first-order valence-electron chi connectivity index (χ1n) is 7.58. The average Bonchev–Trinajstić information content (AvgIpc) is 2.91. The van der Waals surface area contributed by atoms with Crippen molar-refractivity contribution in [3.63, 3.8) is 0 Å². The highest BCUT2D eigenvalue weighted by Gasteiger charge is 2.49. The minimum Gasteiger partial charge on any atom is -0.342 e. The number of carbonyl (C=O) groups is 1. The van der Waals surface area contributed by atoms with Gasteiger partial charge in [-0.1, -0.05) is 6.07 Å². The third-order valence-electron chi connectivity index (χ3n) is 5.17. The molecular weight excluding hydrogens is 310 g/mol. The van der Waals surface area contributed by atoms with Crippen LogP contribution in [0.5, 0.6) is 0 Å². The number of amides is 1. The fraction of sp³-hybridized carbons (Fsp3) is 0.562. The molecule has 1 amide bonds. The van der Waals surface area contributed by atoms with Crippen LogP contribution in [-0.2, 0) is 4.79 Å². The van der Waals surface area contributed by atoms with E-state index in [-0.39, 0.29) is 30.2 Å². The third kappa shape index (κ3) is 2.61. The standard InChI is InChI=1S/C16H18F2N2O.ClH/c17-11-1-2-12(15(18)3-11)13-4-14(13)16(21)20-7-9-5-19-6-10(9)8-20;/h1-3,9-10,13-14,19H,4-8H2;1H/t9-,10+,13?,14?;. The van der Waals surface area contributed by atoms with Crippen LogP contribution in [-0.4, -0.2) is 37.0 Å².